The van der Waals surface area contributed by atoms with Gasteiger partial charge in [0.05, 0.1) is 18.2 Å². The van der Waals surface area contributed by atoms with Gasteiger partial charge in [-0.05, 0) is 39.3 Å². The minimum absolute atomic E-state index is 0.0144. The first-order valence-electron chi connectivity index (χ1n) is 10.5. The molecule has 1 fully saturated rings. The zero-order valence-electron chi connectivity index (χ0n) is 18.2. The van der Waals surface area contributed by atoms with Gasteiger partial charge in [0.25, 0.3) is 5.56 Å². The van der Waals surface area contributed by atoms with Crippen molar-refractivity contribution in [1.82, 2.24) is 14.4 Å². The molecule has 0 radical (unpaired) electrons. The number of piperazine rings is 1. The van der Waals surface area contributed by atoms with Gasteiger partial charge in [0.1, 0.15) is 5.75 Å². The van der Waals surface area contributed by atoms with Crippen molar-refractivity contribution in [3.05, 3.63) is 63.1 Å². The van der Waals surface area contributed by atoms with E-state index in [9.17, 15) is 14.7 Å². The molecule has 0 saturated carbocycles. The molecule has 7 heteroatoms. The Labute approximate surface area is 177 Å². The number of nitrogens with zero attached hydrogens (tertiary/aromatic N) is 3. The van der Waals surface area contributed by atoms with Crippen LogP contribution in [0.5, 0.6) is 5.75 Å². The summed E-state index contributed by atoms with van der Waals surface area (Å²) in [5.74, 6) is 0.0144. The second kappa shape index (κ2) is 9.34. The van der Waals surface area contributed by atoms with Gasteiger partial charge < -0.3 is 19.3 Å². The zero-order valence-corrected chi connectivity index (χ0v) is 18.2. The molecule has 2 aromatic rings. The minimum Gasteiger partial charge on any atom is -0.507 e. The summed E-state index contributed by atoms with van der Waals surface area (Å²) in [5, 5.41) is 10.8. The van der Waals surface area contributed by atoms with Gasteiger partial charge in [0.15, 0.2) is 0 Å². The SMILES string of the molecule is CCOC(=O)N1CCN([C@@H](c2ccc(C)cc2)c2c(O)cc(C)n(CC)c2=O)CC1. The van der Waals surface area contributed by atoms with Crippen LogP contribution in [0.4, 0.5) is 4.79 Å². The Morgan fingerprint density at radius 3 is 2.30 bits per heavy atom. The molecular formula is C23H31N3O4. The maximum Gasteiger partial charge on any atom is 0.409 e. The van der Waals surface area contributed by atoms with E-state index in [1.807, 2.05) is 45.0 Å². The molecule has 7 nitrogen and oxygen atoms in total. The molecule has 1 aliphatic rings. The maximum absolute atomic E-state index is 13.3. The van der Waals surface area contributed by atoms with Crippen LogP contribution >= 0.6 is 0 Å². The quantitative estimate of drug-likeness (QED) is 0.815. The molecule has 1 aliphatic heterocycles. The normalized spacial score (nSPS) is 15.8. The van der Waals surface area contributed by atoms with E-state index < -0.39 is 0 Å². The summed E-state index contributed by atoms with van der Waals surface area (Å²) in [6, 6.07) is 9.32. The Balaban J connectivity index is 2.01. The summed E-state index contributed by atoms with van der Waals surface area (Å²) in [6.45, 7) is 10.6. The fourth-order valence-corrected chi connectivity index (χ4v) is 4.10. The number of rotatable bonds is 5. The van der Waals surface area contributed by atoms with Crippen molar-refractivity contribution in [2.45, 2.75) is 40.3 Å². The summed E-state index contributed by atoms with van der Waals surface area (Å²) in [4.78, 5) is 29.2. The molecule has 0 bridgehead atoms. The van der Waals surface area contributed by atoms with E-state index in [1.165, 1.54) is 0 Å². The molecule has 30 heavy (non-hydrogen) atoms. The molecule has 162 valence electrons. The number of aryl methyl sites for hydroxylation is 2. The van der Waals surface area contributed by atoms with E-state index in [0.717, 1.165) is 16.8 Å². The lowest BCUT2D eigenvalue weighted by atomic mass is 9.95. The monoisotopic (exact) mass is 413 g/mol. The molecule has 1 aromatic heterocycles. The van der Waals surface area contributed by atoms with Crippen molar-refractivity contribution in [2.75, 3.05) is 32.8 Å². The fraction of sp³-hybridized carbons (Fsp3) is 0.478. The van der Waals surface area contributed by atoms with Crippen molar-refractivity contribution in [3.8, 4) is 5.75 Å². The molecule has 1 aromatic carbocycles. The van der Waals surface area contributed by atoms with Crippen molar-refractivity contribution in [2.24, 2.45) is 0 Å². The van der Waals surface area contributed by atoms with E-state index in [2.05, 4.69) is 4.90 Å². The lowest BCUT2D eigenvalue weighted by Crippen LogP contribution is -2.50. The Morgan fingerprint density at radius 2 is 1.73 bits per heavy atom. The highest BCUT2D eigenvalue weighted by Gasteiger charge is 2.32. The number of hydrogen-bond donors (Lipinski definition) is 1. The summed E-state index contributed by atoms with van der Waals surface area (Å²) in [5.41, 5.74) is 3.02. The van der Waals surface area contributed by atoms with E-state index in [4.69, 9.17) is 4.74 Å². The first-order chi connectivity index (χ1) is 14.4. The number of carbonyl (C=O) groups is 1. The molecule has 1 saturated heterocycles. The average molecular weight is 414 g/mol. The average Bonchev–Trinajstić information content (AvgIpc) is 2.72. The van der Waals surface area contributed by atoms with Gasteiger partial charge in [-0.2, -0.15) is 0 Å². The van der Waals surface area contributed by atoms with Gasteiger partial charge in [0, 0.05) is 38.4 Å². The van der Waals surface area contributed by atoms with E-state index in [0.29, 0.717) is 44.9 Å². The molecule has 1 N–H and O–H groups in total. The fourth-order valence-electron chi connectivity index (χ4n) is 4.10. The Morgan fingerprint density at radius 1 is 1.10 bits per heavy atom. The molecule has 1 atom stereocenters. The topological polar surface area (TPSA) is 75.0 Å². The molecule has 0 aliphatic carbocycles. The number of aromatic hydroxyl groups is 1. The molecule has 3 rings (SSSR count). The molecule has 0 spiro atoms. The van der Waals surface area contributed by atoms with E-state index in [1.54, 1.807) is 22.5 Å². The highest BCUT2D eigenvalue weighted by atomic mass is 16.6. The first kappa shape index (κ1) is 21.9. The lowest BCUT2D eigenvalue weighted by Gasteiger charge is -2.39. The Hall–Kier alpha value is -2.80. The second-order valence-corrected chi connectivity index (χ2v) is 7.67. The van der Waals surface area contributed by atoms with Crippen LogP contribution in [-0.2, 0) is 11.3 Å². The molecule has 2 heterocycles. The third kappa shape index (κ3) is 4.36. The lowest BCUT2D eigenvalue weighted by molar-refractivity contribution is 0.0709. The van der Waals surface area contributed by atoms with Crippen LogP contribution < -0.4 is 5.56 Å². The molecular weight excluding hydrogens is 382 g/mol. The van der Waals surface area contributed by atoms with Gasteiger partial charge >= 0.3 is 6.09 Å². The number of aromatic nitrogens is 1. The predicted octanol–water partition coefficient (Wildman–Crippen LogP) is 3.05. The summed E-state index contributed by atoms with van der Waals surface area (Å²) in [7, 11) is 0. The van der Waals surface area contributed by atoms with Crippen LogP contribution in [0, 0.1) is 13.8 Å². The maximum atomic E-state index is 13.3. The molecule has 0 unspecified atom stereocenters. The minimum atomic E-state index is -0.388. The number of pyridine rings is 1. The standard InChI is InChI=1S/C23H31N3O4/c1-5-26-17(4)15-19(27)20(22(26)28)21(18-9-7-16(3)8-10-18)24-11-13-25(14-12-24)23(29)30-6-2/h7-10,15,21,27H,5-6,11-14H2,1-4H3/t21-/m0/s1. The summed E-state index contributed by atoms with van der Waals surface area (Å²) >= 11 is 0. The van der Waals surface area contributed by atoms with Crippen molar-refractivity contribution in [1.29, 1.82) is 0 Å². The van der Waals surface area contributed by atoms with Crippen molar-refractivity contribution < 1.29 is 14.6 Å². The largest absolute Gasteiger partial charge is 0.507 e. The van der Waals surface area contributed by atoms with Gasteiger partial charge in [-0.25, -0.2) is 4.79 Å². The third-order valence-corrected chi connectivity index (χ3v) is 5.71. The van der Waals surface area contributed by atoms with E-state index >= 15 is 0 Å². The highest BCUT2D eigenvalue weighted by molar-refractivity contribution is 5.67. The summed E-state index contributed by atoms with van der Waals surface area (Å²) < 4.78 is 6.80. The predicted molar refractivity (Wildman–Crippen MR) is 116 cm³/mol. The number of benzene rings is 1. The van der Waals surface area contributed by atoms with Crippen LogP contribution in [0.3, 0.4) is 0 Å². The van der Waals surface area contributed by atoms with Gasteiger partial charge in [0.2, 0.25) is 0 Å². The molecule has 1 amide bonds. The van der Waals surface area contributed by atoms with Gasteiger partial charge in [-0.1, -0.05) is 29.8 Å². The Kier molecular flexibility index (Phi) is 6.82. The van der Waals surface area contributed by atoms with E-state index in [-0.39, 0.29) is 23.4 Å². The highest BCUT2D eigenvalue weighted by Crippen LogP contribution is 2.33. The van der Waals surface area contributed by atoms with Crippen LogP contribution in [0.1, 0.15) is 42.3 Å². The van der Waals surface area contributed by atoms with Crippen LogP contribution in [-0.4, -0.2) is 58.4 Å². The van der Waals surface area contributed by atoms with Crippen molar-refractivity contribution >= 4 is 6.09 Å². The van der Waals surface area contributed by atoms with Gasteiger partial charge in [-0.15, -0.1) is 0 Å². The summed E-state index contributed by atoms with van der Waals surface area (Å²) in [6.07, 6.45) is -0.310. The van der Waals surface area contributed by atoms with Gasteiger partial charge in [-0.3, -0.25) is 9.69 Å². The number of carbonyl (C=O) groups excluding carboxylic acids is 1. The third-order valence-electron chi connectivity index (χ3n) is 5.71. The van der Waals surface area contributed by atoms with Crippen LogP contribution in [0.15, 0.2) is 35.1 Å². The van der Waals surface area contributed by atoms with Crippen molar-refractivity contribution in [3.63, 3.8) is 0 Å². The van der Waals surface area contributed by atoms with Crippen LogP contribution in [0.25, 0.3) is 0 Å². The number of ether oxygens (including phenoxy) is 1. The smallest absolute Gasteiger partial charge is 0.409 e. The number of hydrogen-bond acceptors (Lipinski definition) is 5. The zero-order chi connectivity index (χ0) is 21.8. The number of amides is 1. The first-order valence-corrected chi connectivity index (χ1v) is 10.5. The Bertz CT molecular complexity index is 944. The second-order valence-electron chi connectivity index (χ2n) is 7.67. The van der Waals surface area contributed by atoms with Crippen LogP contribution in [0.2, 0.25) is 0 Å².